The van der Waals surface area contributed by atoms with Gasteiger partial charge in [0.05, 0.1) is 12.2 Å². The first-order valence-electron chi connectivity index (χ1n) is 5.91. The lowest BCUT2D eigenvalue weighted by molar-refractivity contribution is 0.260. The summed E-state index contributed by atoms with van der Waals surface area (Å²) < 4.78 is 1.05. The molecular formula is C13H15BrN4. The Labute approximate surface area is 115 Å². The van der Waals surface area contributed by atoms with Crippen LogP contribution >= 0.6 is 15.9 Å². The van der Waals surface area contributed by atoms with E-state index in [-0.39, 0.29) is 0 Å². The lowest BCUT2D eigenvalue weighted by Crippen LogP contribution is -2.48. The SMILES string of the molecule is CC1(c2cccc(Br)c2)N=C(N)CN2NCC=C21. The van der Waals surface area contributed by atoms with Crippen molar-refractivity contribution in [2.45, 2.75) is 12.5 Å². The van der Waals surface area contributed by atoms with Crippen LogP contribution in [-0.2, 0) is 5.54 Å². The highest BCUT2D eigenvalue weighted by Crippen LogP contribution is 2.39. The van der Waals surface area contributed by atoms with Crippen molar-refractivity contribution in [1.29, 1.82) is 0 Å². The first-order valence-corrected chi connectivity index (χ1v) is 6.71. The molecule has 0 amide bonds. The average molecular weight is 307 g/mol. The van der Waals surface area contributed by atoms with E-state index < -0.39 is 5.54 Å². The summed E-state index contributed by atoms with van der Waals surface area (Å²) in [4.78, 5) is 4.69. The van der Waals surface area contributed by atoms with E-state index >= 15 is 0 Å². The molecule has 94 valence electrons. The van der Waals surface area contributed by atoms with Gasteiger partial charge in [-0.25, -0.2) is 5.43 Å². The molecule has 2 aliphatic rings. The van der Waals surface area contributed by atoms with Crippen LogP contribution in [-0.4, -0.2) is 23.9 Å². The van der Waals surface area contributed by atoms with Crippen LogP contribution in [0.25, 0.3) is 0 Å². The maximum atomic E-state index is 5.97. The average Bonchev–Trinajstić information content (AvgIpc) is 2.77. The van der Waals surface area contributed by atoms with Crippen LogP contribution in [0.15, 0.2) is 45.5 Å². The van der Waals surface area contributed by atoms with Crippen molar-refractivity contribution in [3.63, 3.8) is 0 Å². The largest absolute Gasteiger partial charge is 0.386 e. The van der Waals surface area contributed by atoms with Gasteiger partial charge < -0.3 is 10.7 Å². The Morgan fingerprint density at radius 1 is 1.50 bits per heavy atom. The molecule has 0 saturated heterocycles. The fraction of sp³-hybridized carbons (Fsp3) is 0.308. The first kappa shape index (κ1) is 11.7. The van der Waals surface area contributed by atoms with Crippen LogP contribution in [0.4, 0.5) is 0 Å². The highest BCUT2D eigenvalue weighted by Gasteiger charge is 2.39. The summed E-state index contributed by atoms with van der Waals surface area (Å²) in [5, 5.41) is 2.09. The minimum atomic E-state index is -0.407. The van der Waals surface area contributed by atoms with Gasteiger partial charge in [0.25, 0.3) is 0 Å². The standard InChI is InChI=1S/C13H15BrN4/c1-13(9-3-2-4-10(14)7-9)11-5-6-16-18(11)8-12(15)17-13/h2-5,7,16H,6,8H2,1H3,(H2,15,17). The van der Waals surface area contributed by atoms with Crippen molar-refractivity contribution >= 4 is 21.8 Å². The predicted octanol–water partition coefficient (Wildman–Crippen LogP) is 1.74. The molecule has 4 nitrogen and oxygen atoms in total. The van der Waals surface area contributed by atoms with Crippen molar-refractivity contribution < 1.29 is 0 Å². The zero-order valence-corrected chi connectivity index (χ0v) is 11.7. The van der Waals surface area contributed by atoms with Crippen molar-refractivity contribution in [2.75, 3.05) is 13.1 Å². The number of nitrogens with two attached hydrogens (primary N) is 1. The smallest absolute Gasteiger partial charge is 0.126 e. The molecule has 0 radical (unpaired) electrons. The van der Waals surface area contributed by atoms with Crippen LogP contribution in [0.1, 0.15) is 12.5 Å². The topological polar surface area (TPSA) is 53.6 Å². The van der Waals surface area contributed by atoms with Crippen LogP contribution in [0, 0.1) is 0 Å². The van der Waals surface area contributed by atoms with Gasteiger partial charge in [0.15, 0.2) is 0 Å². The van der Waals surface area contributed by atoms with Gasteiger partial charge in [0.2, 0.25) is 0 Å². The first-order chi connectivity index (χ1) is 8.59. The molecule has 3 N–H and O–H groups in total. The molecule has 3 rings (SSSR count). The molecule has 1 atom stereocenters. The number of fused-ring (bicyclic) bond motifs is 1. The number of nitrogens with one attached hydrogen (secondary N) is 1. The molecule has 2 heterocycles. The molecule has 2 aliphatic heterocycles. The minimum Gasteiger partial charge on any atom is -0.386 e. The Morgan fingerprint density at radius 2 is 2.33 bits per heavy atom. The van der Waals surface area contributed by atoms with Gasteiger partial charge in [-0.15, -0.1) is 0 Å². The fourth-order valence-electron chi connectivity index (χ4n) is 2.60. The molecule has 0 bridgehead atoms. The van der Waals surface area contributed by atoms with Gasteiger partial charge in [0.1, 0.15) is 11.4 Å². The number of nitrogens with zero attached hydrogens (tertiary/aromatic N) is 2. The number of hydrazine groups is 1. The zero-order valence-electron chi connectivity index (χ0n) is 10.2. The Bertz CT molecular complexity index is 552. The quantitative estimate of drug-likeness (QED) is 0.831. The van der Waals surface area contributed by atoms with Crippen LogP contribution in [0.5, 0.6) is 0 Å². The number of aliphatic imine (C=N–C) groups is 1. The zero-order chi connectivity index (χ0) is 12.8. The molecule has 1 aromatic rings. The number of hydrogen-bond acceptors (Lipinski definition) is 4. The Morgan fingerprint density at radius 3 is 3.11 bits per heavy atom. The molecule has 0 aliphatic carbocycles. The van der Waals surface area contributed by atoms with Gasteiger partial charge in [-0.05, 0) is 30.7 Å². The normalized spacial score (nSPS) is 26.7. The number of benzene rings is 1. The third-order valence-electron chi connectivity index (χ3n) is 3.44. The molecule has 1 aromatic carbocycles. The lowest BCUT2D eigenvalue weighted by Gasteiger charge is -2.38. The Balaban J connectivity index is 2.14. The molecular weight excluding hydrogens is 292 g/mol. The number of hydrogen-bond donors (Lipinski definition) is 2. The predicted molar refractivity (Wildman–Crippen MR) is 75.9 cm³/mol. The number of amidine groups is 1. The summed E-state index contributed by atoms with van der Waals surface area (Å²) in [5.74, 6) is 0.657. The van der Waals surface area contributed by atoms with Gasteiger partial charge in [-0.3, -0.25) is 4.99 Å². The second kappa shape index (κ2) is 4.10. The second-order valence-electron chi connectivity index (χ2n) is 4.72. The third-order valence-corrected chi connectivity index (χ3v) is 3.93. The summed E-state index contributed by atoms with van der Waals surface area (Å²) in [5.41, 5.74) is 11.2. The van der Waals surface area contributed by atoms with Gasteiger partial charge in [-0.1, -0.05) is 28.1 Å². The molecule has 0 aromatic heterocycles. The molecule has 0 spiro atoms. The van der Waals surface area contributed by atoms with Crippen LogP contribution in [0.2, 0.25) is 0 Å². The minimum absolute atomic E-state index is 0.407. The maximum absolute atomic E-state index is 5.97. The van der Waals surface area contributed by atoms with E-state index in [1.807, 2.05) is 12.1 Å². The van der Waals surface area contributed by atoms with E-state index in [0.717, 1.165) is 16.6 Å². The van der Waals surface area contributed by atoms with E-state index in [0.29, 0.717) is 12.4 Å². The van der Waals surface area contributed by atoms with Gasteiger partial charge in [-0.2, -0.15) is 0 Å². The summed E-state index contributed by atoms with van der Waals surface area (Å²) in [7, 11) is 0. The number of halogens is 1. The van der Waals surface area contributed by atoms with E-state index in [1.165, 1.54) is 5.70 Å². The fourth-order valence-corrected chi connectivity index (χ4v) is 3.00. The highest BCUT2D eigenvalue weighted by atomic mass is 79.9. The molecule has 18 heavy (non-hydrogen) atoms. The molecule has 1 unspecified atom stereocenters. The molecule has 0 fully saturated rings. The van der Waals surface area contributed by atoms with E-state index in [4.69, 9.17) is 10.7 Å². The Kier molecular flexibility index (Phi) is 2.68. The highest BCUT2D eigenvalue weighted by molar-refractivity contribution is 9.10. The molecule has 0 saturated carbocycles. The maximum Gasteiger partial charge on any atom is 0.126 e. The van der Waals surface area contributed by atoms with Gasteiger partial charge in [0, 0.05) is 11.0 Å². The number of rotatable bonds is 1. The molecule has 5 heteroatoms. The van der Waals surface area contributed by atoms with Crippen molar-refractivity contribution in [2.24, 2.45) is 10.7 Å². The lowest BCUT2D eigenvalue weighted by atomic mass is 9.87. The summed E-state index contributed by atoms with van der Waals surface area (Å²) in [6.45, 7) is 3.59. The monoisotopic (exact) mass is 306 g/mol. The summed E-state index contributed by atoms with van der Waals surface area (Å²) in [6, 6.07) is 8.23. The van der Waals surface area contributed by atoms with Gasteiger partial charge >= 0.3 is 0 Å². The summed E-state index contributed by atoms with van der Waals surface area (Å²) in [6.07, 6.45) is 2.18. The van der Waals surface area contributed by atoms with Crippen molar-refractivity contribution in [3.05, 3.63) is 46.1 Å². The van der Waals surface area contributed by atoms with Crippen molar-refractivity contribution in [1.82, 2.24) is 10.4 Å². The van der Waals surface area contributed by atoms with E-state index in [1.54, 1.807) is 0 Å². The van der Waals surface area contributed by atoms with Crippen LogP contribution in [0.3, 0.4) is 0 Å². The Hall–Kier alpha value is -1.33. The van der Waals surface area contributed by atoms with Crippen molar-refractivity contribution in [3.8, 4) is 0 Å². The van der Waals surface area contributed by atoms with Crippen LogP contribution < -0.4 is 11.2 Å². The summed E-state index contributed by atoms with van der Waals surface area (Å²) >= 11 is 3.51. The third kappa shape index (κ3) is 1.74. The second-order valence-corrected chi connectivity index (χ2v) is 5.64. The van der Waals surface area contributed by atoms with E-state index in [9.17, 15) is 0 Å². The van der Waals surface area contributed by atoms with E-state index in [2.05, 4.69) is 51.5 Å².